The van der Waals surface area contributed by atoms with Crippen molar-refractivity contribution in [3.05, 3.63) is 113 Å². The Balaban J connectivity index is 1.28. The molecule has 0 N–H and O–H groups in total. The van der Waals surface area contributed by atoms with Gasteiger partial charge in [0.15, 0.2) is 0 Å². The molecule has 46 heavy (non-hydrogen) atoms. The molecule has 0 radical (unpaired) electrons. The Morgan fingerprint density at radius 3 is 2.39 bits per heavy atom. The molecule has 238 valence electrons. The first kappa shape index (κ1) is 31.2. The minimum atomic E-state index is -0.141. The van der Waals surface area contributed by atoms with E-state index in [0.29, 0.717) is 56.3 Å². The zero-order chi connectivity index (χ0) is 31.9. The number of piperidine rings is 1. The lowest BCUT2D eigenvalue weighted by Gasteiger charge is -2.42. The van der Waals surface area contributed by atoms with Crippen molar-refractivity contribution in [2.75, 3.05) is 44.2 Å². The van der Waals surface area contributed by atoms with Gasteiger partial charge in [-0.25, -0.2) is 15.0 Å². The number of hydrogen-bond donors (Lipinski definition) is 0. The van der Waals surface area contributed by atoms with E-state index in [2.05, 4.69) is 27.0 Å². The molecule has 2 aliphatic heterocycles. The molecule has 4 heterocycles. The average molecular weight is 619 g/mol. The molecule has 2 aliphatic rings. The highest BCUT2D eigenvalue weighted by Gasteiger charge is 2.38. The molecule has 0 saturated carbocycles. The number of carbonyl (C=O) groups is 2. The molecule has 2 aromatic carbocycles. The Bertz CT molecular complexity index is 1650. The van der Waals surface area contributed by atoms with Crippen LogP contribution in [-0.4, -0.2) is 75.9 Å². The number of para-hydroxylation sites is 1. The smallest absolute Gasteiger partial charge is 0.272 e. The van der Waals surface area contributed by atoms with E-state index in [9.17, 15) is 9.59 Å². The van der Waals surface area contributed by atoms with Crippen LogP contribution in [-0.2, 0) is 6.54 Å². The van der Waals surface area contributed by atoms with E-state index in [1.807, 2.05) is 84.3 Å². The Hall–Kier alpha value is -4.79. The zero-order valence-corrected chi connectivity index (χ0v) is 26.8. The van der Waals surface area contributed by atoms with Crippen LogP contribution in [0.1, 0.15) is 63.6 Å². The fourth-order valence-electron chi connectivity index (χ4n) is 6.55. The predicted octanol–water partition coefficient (Wildman–Crippen LogP) is 5.73. The van der Waals surface area contributed by atoms with E-state index in [1.54, 1.807) is 12.3 Å². The molecular weight excluding hydrogens is 576 g/mol. The van der Waals surface area contributed by atoms with Gasteiger partial charge >= 0.3 is 0 Å². The first-order valence-corrected chi connectivity index (χ1v) is 16.2. The summed E-state index contributed by atoms with van der Waals surface area (Å²) in [5.41, 5.74) is 2.82. The van der Waals surface area contributed by atoms with E-state index >= 15 is 0 Å². The van der Waals surface area contributed by atoms with Gasteiger partial charge in [-0.05, 0) is 75.4 Å². The largest absolute Gasteiger partial charge is 0.492 e. The van der Waals surface area contributed by atoms with E-state index in [4.69, 9.17) is 9.72 Å². The molecule has 0 aliphatic carbocycles. The summed E-state index contributed by atoms with van der Waals surface area (Å²) in [7, 11) is 0. The van der Waals surface area contributed by atoms with Gasteiger partial charge in [0.2, 0.25) is 0 Å². The van der Waals surface area contributed by atoms with Crippen LogP contribution in [0.4, 0.5) is 5.82 Å². The molecule has 6 rings (SSSR count). The van der Waals surface area contributed by atoms with Gasteiger partial charge in [-0.2, -0.15) is 0 Å². The van der Waals surface area contributed by atoms with Gasteiger partial charge in [0.05, 0.1) is 12.2 Å². The van der Waals surface area contributed by atoms with Crippen molar-refractivity contribution >= 4 is 17.6 Å². The number of pyridine rings is 1. The molecule has 9 nitrogen and oxygen atoms in total. The lowest BCUT2D eigenvalue weighted by molar-refractivity contribution is 0.0360. The van der Waals surface area contributed by atoms with Gasteiger partial charge in [-0.15, -0.1) is 0 Å². The van der Waals surface area contributed by atoms with Crippen LogP contribution in [0, 0.1) is 19.3 Å². The highest BCUT2D eigenvalue weighted by molar-refractivity contribution is 5.97. The normalized spacial score (nSPS) is 17.3. The highest BCUT2D eigenvalue weighted by Crippen LogP contribution is 2.38. The van der Waals surface area contributed by atoms with Crippen molar-refractivity contribution < 1.29 is 14.3 Å². The minimum Gasteiger partial charge on any atom is -0.492 e. The molecule has 0 bridgehead atoms. The maximum absolute atomic E-state index is 14.2. The Kier molecular flexibility index (Phi) is 9.57. The van der Waals surface area contributed by atoms with Crippen LogP contribution in [0.2, 0.25) is 0 Å². The lowest BCUT2D eigenvalue weighted by Crippen LogP contribution is -2.46. The molecule has 0 unspecified atom stereocenters. The monoisotopic (exact) mass is 618 g/mol. The molecule has 2 amide bonds. The molecule has 4 aromatic rings. The molecule has 1 spiro atoms. The van der Waals surface area contributed by atoms with Crippen LogP contribution in [0.5, 0.6) is 5.75 Å². The van der Waals surface area contributed by atoms with Crippen molar-refractivity contribution in [3.8, 4) is 5.75 Å². The number of aryl methyl sites for hydroxylation is 2. The first-order valence-electron chi connectivity index (χ1n) is 16.2. The van der Waals surface area contributed by atoms with Gasteiger partial charge in [-0.1, -0.05) is 48.5 Å². The quantitative estimate of drug-likeness (QED) is 0.288. The third kappa shape index (κ3) is 7.36. The molecule has 9 heteroatoms. The first-order chi connectivity index (χ1) is 22.4. The second-order valence-corrected chi connectivity index (χ2v) is 12.5. The number of likely N-dealkylation sites (tertiary alicyclic amines) is 1. The maximum atomic E-state index is 14.2. The highest BCUT2D eigenvalue weighted by atomic mass is 16.5. The van der Waals surface area contributed by atoms with Crippen LogP contribution in [0.25, 0.3) is 0 Å². The van der Waals surface area contributed by atoms with Crippen LogP contribution in [0.3, 0.4) is 0 Å². The van der Waals surface area contributed by atoms with E-state index < -0.39 is 0 Å². The van der Waals surface area contributed by atoms with Crippen LogP contribution >= 0.6 is 0 Å². The van der Waals surface area contributed by atoms with Crippen LogP contribution < -0.4 is 9.64 Å². The number of anilines is 1. The number of benzene rings is 2. The number of rotatable bonds is 4. The van der Waals surface area contributed by atoms with Crippen molar-refractivity contribution in [1.82, 2.24) is 24.8 Å². The molecule has 1 fully saturated rings. The second kappa shape index (κ2) is 14.1. The SMILES string of the molecule is Cc1cccc(C(=O)N2CCC3(CCCN(c4ccnc(C)n4)CCN(Cc4ccccc4)C(=O)c4ccccc4OC3)CC2)n1. The van der Waals surface area contributed by atoms with Gasteiger partial charge < -0.3 is 19.4 Å². The molecule has 2 aromatic heterocycles. The summed E-state index contributed by atoms with van der Waals surface area (Å²) in [4.78, 5) is 47.2. The van der Waals surface area contributed by atoms with Crippen LogP contribution in [0.15, 0.2) is 85.1 Å². The molecule has 0 atom stereocenters. The van der Waals surface area contributed by atoms with E-state index in [1.165, 1.54) is 0 Å². The summed E-state index contributed by atoms with van der Waals surface area (Å²) in [6, 6.07) is 25.2. The Labute approximate surface area is 271 Å². The molecular formula is C37H42N6O3. The van der Waals surface area contributed by atoms with Crippen molar-refractivity contribution in [3.63, 3.8) is 0 Å². The fraction of sp³-hybridized carbons (Fsp3) is 0.378. The minimum absolute atomic E-state index is 0.0242. The summed E-state index contributed by atoms with van der Waals surface area (Å²) in [6.45, 7) is 8.01. The standard InChI is InChI=1S/C37H42N6O3/c1-28-10-8-14-32(39-28)36(45)42-22-18-37(19-23-42)17-9-21-41(34-16-20-38-29(2)40-34)24-25-43(26-30-11-4-3-5-12-30)35(44)31-13-6-7-15-33(31)46-27-37/h3-8,10-16,20H,9,17-19,21-27H2,1-2H3. The average Bonchev–Trinajstić information content (AvgIpc) is 3.09. The predicted molar refractivity (Wildman–Crippen MR) is 178 cm³/mol. The van der Waals surface area contributed by atoms with Gasteiger partial charge in [0.1, 0.15) is 23.1 Å². The van der Waals surface area contributed by atoms with E-state index in [-0.39, 0.29) is 17.2 Å². The maximum Gasteiger partial charge on any atom is 0.272 e. The number of ether oxygens (including phenoxy) is 1. The Morgan fingerprint density at radius 2 is 1.61 bits per heavy atom. The fourth-order valence-corrected chi connectivity index (χ4v) is 6.55. The topological polar surface area (TPSA) is 91.8 Å². The van der Waals surface area contributed by atoms with Crippen molar-refractivity contribution in [2.24, 2.45) is 5.41 Å². The number of carbonyl (C=O) groups excluding carboxylic acids is 2. The number of nitrogens with zero attached hydrogens (tertiary/aromatic N) is 6. The summed E-state index contributed by atoms with van der Waals surface area (Å²) in [5.74, 6) is 2.11. The summed E-state index contributed by atoms with van der Waals surface area (Å²) in [5, 5.41) is 0. The summed E-state index contributed by atoms with van der Waals surface area (Å²) >= 11 is 0. The molecule has 1 saturated heterocycles. The summed E-state index contributed by atoms with van der Waals surface area (Å²) in [6.07, 6.45) is 5.28. The number of fused-ring (bicyclic) bond motifs is 1. The third-order valence-electron chi connectivity index (χ3n) is 9.23. The number of aromatic nitrogens is 3. The summed E-state index contributed by atoms with van der Waals surface area (Å²) < 4.78 is 6.59. The zero-order valence-electron chi connectivity index (χ0n) is 26.8. The van der Waals surface area contributed by atoms with E-state index in [0.717, 1.165) is 55.1 Å². The lowest BCUT2D eigenvalue weighted by atomic mass is 9.75. The van der Waals surface area contributed by atoms with Crippen molar-refractivity contribution in [1.29, 1.82) is 0 Å². The van der Waals surface area contributed by atoms with Gasteiger partial charge in [0.25, 0.3) is 11.8 Å². The van der Waals surface area contributed by atoms with Gasteiger partial charge in [0, 0.05) is 56.6 Å². The number of hydrogen-bond acceptors (Lipinski definition) is 7. The second-order valence-electron chi connectivity index (χ2n) is 12.5. The number of amides is 2. The Morgan fingerprint density at radius 1 is 0.826 bits per heavy atom. The third-order valence-corrected chi connectivity index (χ3v) is 9.23. The van der Waals surface area contributed by atoms with Crippen molar-refractivity contribution in [2.45, 2.75) is 46.1 Å². The van der Waals surface area contributed by atoms with Gasteiger partial charge in [-0.3, -0.25) is 9.59 Å².